The van der Waals surface area contributed by atoms with Crippen LogP contribution in [0.15, 0.2) is 0 Å². The van der Waals surface area contributed by atoms with Gasteiger partial charge in [0, 0.05) is 6.42 Å². The summed E-state index contributed by atoms with van der Waals surface area (Å²) in [7, 11) is -2.76. The molecule has 0 amide bonds. The van der Waals surface area contributed by atoms with Gasteiger partial charge >= 0.3 is 5.97 Å². The molecule has 74 valence electrons. The Bertz CT molecular complexity index is 314. The highest BCUT2D eigenvalue weighted by Crippen LogP contribution is 2.54. The van der Waals surface area contributed by atoms with Gasteiger partial charge in [-0.2, -0.15) is 0 Å². The first kappa shape index (κ1) is 8.99. The molecular weight excluding hydrogens is 192 g/mol. The zero-order valence-corrected chi connectivity index (χ0v) is 7.96. The average molecular weight is 204 g/mol. The molecule has 1 saturated heterocycles. The SMILES string of the molecule is O=C(O)CCC1C2CS(=O)(=O)CC12. The topological polar surface area (TPSA) is 71.4 Å². The number of carbonyl (C=O) groups is 1. The first-order valence-corrected chi connectivity index (χ1v) is 6.24. The van der Waals surface area contributed by atoms with Gasteiger partial charge in [0.25, 0.3) is 0 Å². The van der Waals surface area contributed by atoms with E-state index < -0.39 is 15.8 Å². The molecule has 5 heteroatoms. The smallest absolute Gasteiger partial charge is 0.303 e. The summed E-state index contributed by atoms with van der Waals surface area (Å²) in [5.74, 6) is 0.741. The lowest BCUT2D eigenvalue weighted by Gasteiger charge is -2.00. The number of hydrogen-bond donors (Lipinski definition) is 1. The Balaban J connectivity index is 1.83. The summed E-state index contributed by atoms with van der Waals surface area (Å²) in [6, 6.07) is 0. The van der Waals surface area contributed by atoms with Gasteiger partial charge in [-0.15, -0.1) is 0 Å². The van der Waals surface area contributed by atoms with Gasteiger partial charge in [-0.25, -0.2) is 8.42 Å². The average Bonchev–Trinajstić information content (AvgIpc) is 2.44. The summed E-state index contributed by atoms with van der Waals surface area (Å²) >= 11 is 0. The molecule has 0 aromatic rings. The monoisotopic (exact) mass is 204 g/mol. The van der Waals surface area contributed by atoms with Crippen LogP contribution in [-0.2, 0) is 14.6 Å². The minimum Gasteiger partial charge on any atom is -0.481 e. The van der Waals surface area contributed by atoms with E-state index in [1.54, 1.807) is 0 Å². The van der Waals surface area contributed by atoms with Crippen LogP contribution in [0.25, 0.3) is 0 Å². The van der Waals surface area contributed by atoms with Crippen LogP contribution in [0.5, 0.6) is 0 Å². The lowest BCUT2D eigenvalue weighted by Crippen LogP contribution is -2.10. The number of fused-ring (bicyclic) bond motifs is 1. The van der Waals surface area contributed by atoms with E-state index in [0.29, 0.717) is 23.8 Å². The summed E-state index contributed by atoms with van der Waals surface area (Å²) in [5, 5.41) is 8.44. The van der Waals surface area contributed by atoms with Gasteiger partial charge in [-0.05, 0) is 24.2 Å². The van der Waals surface area contributed by atoms with Crippen molar-refractivity contribution < 1.29 is 18.3 Å². The van der Waals surface area contributed by atoms with Crippen molar-refractivity contribution >= 4 is 15.8 Å². The Hall–Kier alpha value is -0.580. The molecule has 13 heavy (non-hydrogen) atoms. The summed E-state index contributed by atoms with van der Waals surface area (Å²) < 4.78 is 22.1. The molecule has 1 N–H and O–H groups in total. The molecule has 0 aromatic carbocycles. The fourth-order valence-corrected chi connectivity index (χ4v) is 4.69. The second-order valence-electron chi connectivity index (χ2n) is 4.00. The Morgan fingerprint density at radius 1 is 1.31 bits per heavy atom. The van der Waals surface area contributed by atoms with E-state index >= 15 is 0 Å². The molecule has 0 aromatic heterocycles. The molecule has 1 aliphatic carbocycles. The highest BCUT2D eigenvalue weighted by Gasteiger charge is 2.57. The van der Waals surface area contributed by atoms with Crippen molar-refractivity contribution in [2.75, 3.05) is 11.5 Å². The number of sulfone groups is 1. The molecule has 0 radical (unpaired) electrons. The molecule has 0 spiro atoms. The maximum atomic E-state index is 11.0. The van der Waals surface area contributed by atoms with Crippen LogP contribution in [0, 0.1) is 17.8 Å². The van der Waals surface area contributed by atoms with Crippen molar-refractivity contribution in [3.8, 4) is 0 Å². The van der Waals surface area contributed by atoms with Crippen molar-refractivity contribution in [1.82, 2.24) is 0 Å². The normalized spacial score (nSPS) is 39.8. The van der Waals surface area contributed by atoms with Gasteiger partial charge < -0.3 is 5.11 Å². The highest BCUT2D eigenvalue weighted by atomic mass is 32.2. The number of hydrogen-bond acceptors (Lipinski definition) is 3. The third-order valence-electron chi connectivity index (χ3n) is 3.09. The van der Waals surface area contributed by atoms with Gasteiger partial charge in [0.15, 0.2) is 9.84 Å². The van der Waals surface area contributed by atoms with E-state index in [-0.39, 0.29) is 18.3 Å². The van der Waals surface area contributed by atoms with E-state index in [9.17, 15) is 13.2 Å². The predicted octanol–water partition coefficient (Wildman–Crippen LogP) is 0.142. The Morgan fingerprint density at radius 2 is 1.85 bits per heavy atom. The summed E-state index contributed by atoms with van der Waals surface area (Å²) in [4.78, 5) is 10.3. The largest absolute Gasteiger partial charge is 0.481 e. The van der Waals surface area contributed by atoms with Crippen LogP contribution in [0.2, 0.25) is 0 Å². The molecule has 2 aliphatic rings. The van der Waals surface area contributed by atoms with E-state index in [1.165, 1.54) is 0 Å². The van der Waals surface area contributed by atoms with Gasteiger partial charge in [0.1, 0.15) is 0 Å². The van der Waals surface area contributed by atoms with Crippen molar-refractivity contribution in [3.05, 3.63) is 0 Å². The van der Waals surface area contributed by atoms with Crippen LogP contribution in [0.1, 0.15) is 12.8 Å². The van der Waals surface area contributed by atoms with Gasteiger partial charge in [0.2, 0.25) is 0 Å². The lowest BCUT2D eigenvalue weighted by atomic mass is 10.2. The van der Waals surface area contributed by atoms with Crippen molar-refractivity contribution in [2.45, 2.75) is 12.8 Å². The number of carboxylic acid groups (broad SMARTS) is 1. The molecule has 4 nitrogen and oxygen atoms in total. The van der Waals surface area contributed by atoms with Crippen molar-refractivity contribution in [1.29, 1.82) is 0 Å². The van der Waals surface area contributed by atoms with E-state index in [2.05, 4.69) is 0 Å². The molecule has 2 fully saturated rings. The molecule has 2 atom stereocenters. The second kappa shape index (κ2) is 2.70. The minimum absolute atomic E-state index is 0.178. The summed E-state index contributed by atoms with van der Waals surface area (Å²) in [6.45, 7) is 0. The van der Waals surface area contributed by atoms with Crippen molar-refractivity contribution in [2.24, 2.45) is 17.8 Å². The number of rotatable bonds is 3. The molecule has 1 aliphatic heterocycles. The molecule has 2 unspecified atom stereocenters. The predicted molar refractivity (Wildman–Crippen MR) is 46.0 cm³/mol. The second-order valence-corrected chi connectivity index (χ2v) is 6.15. The van der Waals surface area contributed by atoms with Crippen LogP contribution in [0.3, 0.4) is 0 Å². The zero-order valence-electron chi connectivity index (χ0n) is 7.14. The Kier molecular flexibility index (Phi) is 1.87. The maximum absolute atomic E-state index is 11.0. The van der Waals surface area contributed by atoms with Gasteiger partial charge in [-0.3, -0.25) is 4.79 Å². The maximum Gasteiger partial charge on any atom is 0.303 e. The van der Waals surface area contributed by atoms with Crippen LogP contribution >= 0.6 is 0 Å². The van der Waals surface area contributed by atoms with E-state index in [4.69, 9.17) is 5.11 Å². The first-order chi connectivity index (χ1) is 5.99. The Morgan fingerprint density at radius 3 is 2.31 bits per heavy atom. The van der Waals surface area contributed by atoms with Gasteiger partial charge in [0.05, 0.1) is 11.5 Å². The molecule has 1 heterocycles. The fraction of sp³-hybridized carbons (Fsp3) is 0.875. The fourth-order valence-electron chi connectivity index (χ4n) is 2.39. The quantitative estimate of drug-likeness (QED) is 0.710. The van der Waals surface area contributed by atoms with Crippen molar-refractivity contribution in [3.63, 3.8) is 0 Å². The Labute approximate surface area is 76.9 Å². The van der Waals surface area contributed by atoms with Crippen LogP contribution in [0.4, 0.5) is 0 Å². The molecule has 1 saturated carbocycles. The van der Waals surface area contributed by atoms with Gasteiger partial charge in [-0.1, -0.05) is 0 Å². The highest BCUT2D eigenvalue weighted by molar-refractivity contribution is 7.91. The zero-order chi connectivity index (χ0) is 9.64. The van der Waals surface area contributed by atoms with E-state index in [0.717, 1.165) is 0 Å². The first-order valence-electron chi connectivity index (χ1n) is 4.42. The van der Waals surface area contributed by atoms with Crippen LogP contribution in [-0.4, -0.2) is 31.0 Å². The number of aliphatic carboxylic acids is 1. The molecular formula is C8H12O4S. The third-order valence-corrected chi connectivity index (χ3v) is 4.88. The van der Waals surface area contributed by atoms with E-state index in [1.807, 2.05) is 0 Å². The third kappa shape index (κ3) is 1.70. The molecule has 0 bridgehead atoms. The van der Waals surface area contributed by atoms with Crippen LogP contribution < -0.4 is 0 Å². The summed E-state index contributed by atoms with van der Waals surface area (Å²) in [6.07, 6.45) is 0.831. The standard InChI is InChI=1S/C8H12O4S/c9-8(10)2-1-5-6-3-13(11,12)4-7(5)6/h5-7H,1-4H2,(H,9,10). The number of carboxylic acids is 1. The minimum atomic E-state index is -2.76. The summed E-state index contributed by atoms with van der Waals surface area (Å²) in [5.41, 5.74) is 0. The lowest BCUT2D eigenvalue weighted by molar-refractivity contribution is -0.137. The molecule has 2 rings (SSSR count).